The molecule has 1 aromatic carbocycles. The predicted octanol–water partition coefficient (Wildman–Crippen LogP) is 1.95. The van der Waals surface area contributed by atoms with Gasteiger partial charge < -0.3 is 15.4 Å². The molecule has 0 aromatic heterocycles. The van der Waals surface area contributed by atoms with Crippen LogP contribution in [0.15, 0.2) is 18.2 Å². The molecule has 2 N–H and O–H groups in total. The van der Waals surface area contributed by atoms with Gasteiger partial charge in [0.1, 0.15) is 5.75 Å². The van der Waals surface area contributed by atoms with Crippen molar-refractivity contribution in [3.05, 3.63) is 23.8 Å². The van der Waals surface area contributed by atoms with Crippen molar-refractivity contribution in [3.8, 4) is 5.75 Å². The maximum absolute atomic E-state index is 12.0. The van der Waals surface area contributed by atoms with Crippen LogP contribution in [0.4, 0.5) is 5.69 Å². The van der Waals surface area contributed by atoms with Crippen molar-refractivity contribution in [2.75, 3.05) is 25.6 Å². The molecule has 100 valence electrons. The van der Waals surface area contributed by atoms with Crippen molar-refractivity contribution in [1.82, 2.24) is 0 Å². The van der Waals surface area contributed by atoms with Crippen molar-refractivity contribution in [1.29, 1.82) is 0 Å². The van der Waals surface area contributed by atoms with Gasteiger partial charge in [0.25, 0.3) is 0 Å². The van der Waals surface area contributed by atoms with Crippen LogP contribution in [0.2, 0.25) is 0 Å². The second kappa shape index (κ2) is 6.40. The third kappa shape index (κ3) is 3.47. The molecule has 0 radical (unpaired) electrons. The molecule has 0 heterocycles. The van der Waals surface area contributed by atoms with Crippen LogP contribution in [0.5, 0.6) is 5.75 Å². The van der Waals surface area contributed by atoms with E-state index in [1.165, 1.54) is 0 Å². The molecule has 1 amide bonds. The van der Waals surface area contributed by atoms with Crippen LogP contribution in [0.3, 0.4) is 0 Å². The summed E-state index contributed by atoms with van der Waals surface area (Å²) in [4.78, 5) is 13.7. The first-order valence-electron chi connectivity index (χ1n) is 6.10. The smallest absolute Gasteiger partial charge is 0.227 e. The summed E-state index contributed by atoms with van der Waals surface area (Å²) in [5, 5.41) is 0. The number of ether oxygens (including phenoxy) is 1. The summed E-state index contributed by atoms with van der Waals surface area (Å²) < 4.78 is 5.20. The number of nitrogens with zero attached hydrogens (tertiary/aromatic N) is 1. The van der Waals surface area contributed by atoms with E-state index in [0.717, 1.165) is 17.0 Å². The number of nitrogens with two attached hydrogens (primary N) is 1. The van der Waals surface area contributed by atoms with Crippen molar-refractivity contribution in [2.45, 2.75) is 20.3 Å². The number of hydrogen-bond donors (Lipinski definition) is 1. The lowest BCUT2D eigenvalue weighted by Gasteiger charge is -2.20. The summed E-state index contributed by atoms with van der Waals surface area (Å²) in [6.07, 6.45) is 0.470. The highest BCUT2D eigenvalue weighted by Crippen LogP contribution is 2.24. The minimum absolute atomic E-state index is 0.0810. The number of hydrogen-bond acceptors (Lipinski definition) is 3. The predicted molar refractivity (Wildman–Crippen MR) is 74.0 cm³/mol. The standard InChI is InChI=1S/C14H22N2O2/c1-10(9-15)7-14(17)16(3)12-5-6-13(18-4)11(2)8-12/h5-6,8,10H,7,9,15H2,1-4H3. The minimum atomic E-state index is 0.0810. The number of carbonyl (C=O) groups is 1. The first-order valence-corrected chi connectivity index (χ1v) is 6.10. The highest BCUT2D eigenvalue weighted by atomic mass is 16.5. The Morgan fingerprint density at radius 1 is 1.50 bits per heavy atom. The lowest BCUT2D eigenvalue weighted by molar-refractivity contribution is -0.119. The Hall–Kier alpha value is -1.55. The number of methoxy groups -OCH3 is 1. The molecule has 4 heteroatoms. The van der Waals surface area contributed by atoms with Crippen LogP contribution in [-0.4, -0.2) is 26.6 Å². The van der Waals surface area contributed by atoms with Crippen LogP contribution < -0.4 is 15.4 Å². The van der Waals surface area contributed by atoms with Gasteiger partial charge in [0, 0.05) is 19.2 Å². The van der Waals surface area contributed by atoms with Gasteiger partial charge in [-0.3, -0.25) is 4.79 Å². The summed E-state index contributed by atoms with van der Waals surface area (Å²) >= 11 is 0. The lowest BCUT2D eigenvalue weighted by Crippen LogP contribution is -2.29. The maximum Gasteiger partial charge on any atom is 0.227 e. The quantitative estimate of drug-likeness (QED) is 0.869. The van der Waals surface area contributed by atoms with Gasteiger partial charge in [0.15, 0.2) is 0 Å². The van der Waals surface area contributed by atoms with Crippen LogP contribution >= 0.6 is 0 Å². The molecule has 1 rings (SSSR count). The Bertz CT molecular complexity index is 418. The number of amides is 1. The average Bonchev–Trinajstić information content (AvgIpc) is 2.37. The van der Waals surface area contributed by atoms with Crippen LogP contribution in [-0.2, 0) is 4.79 Å². The summed E-state index contributed by atoms with van der Waals surface area (Å²) in [6, 6.07) is 5.71. The SMILES string of the molecule is COc1ccc(N(C)C(=O)CC(C)CN)cc1C. The number of aryl methyl sites for hydroxylation is 1. The number of carbonyl (C=O) groups excluding carboxylic acids is 1. The van der Waals surface area contributed by atoms with E-state index in [0.29, 0.717) is 13.0 Å². The summed E-state index contributed by atoms with van der Waals surface area (Å²) in [6.45, 7) is 4.47. The number of anilines is 1. The van der Waals surface area contributed by atoms with Gasteiger partial charge in [-0.25, -0.2) is 0 Å². The maximum atomic E-state index is 12.0. The van der Waals surface area contributed by atoms with Crippen LogP contribution in [0.25, 0.3) is 0 Å². The topological polar surface area (TPSA) is 55.6 Å². The van der Waals surface area contributed by atoms with Crippen molar-refractivity contribution in [3.63, 3.8) is 0 Å². The Morgan fingerprint density at radius 2 is 2.17 bits per heavy atom. The van der Waals surface area contributed by atoms with E-state index in [4.69, 9.17) is 10.5 Å². The van der Waals surface area contributed by atoms with Gasteiger partial charge in [-0.2, -0.15) is 0 Å². The minimum Gasteiger partial charge on any atom is -0.496 e. The molecule has 4 nitrogen and oxygen atoms in total. The zero-order chi connectivity index (χ0) is 13.7. The summed E-state index contributed by atoms with van der Waals surface area (Å²) in [5.74, 6) is 1.12. The molecular weight excluding hydrogens is 228 g/mol. The molecule has 1 atom stereocenters. The molecule has 0 saturated carbocycles. The van der Waals surface area contributed by atoms with E-state index in [1.54, 1.807) is 19.1 Å². The first kappa shape index (κ1) is 14.5. The van der Waals surface area contributed by atoms with Crippen LogP contribution in [0.1, 0.15) is 18.9 Å². The molecule has 0 aliphatic heterocycles. The van der Waals surface area contributed by atoms with Gasteiger partial charge in [-0.05, 0) is 43.1 Å². The molecule has 0 spiro atoms. The fraction of sp³-hybridized carbons (Fsp3) is 0.500. The molecule has 0 aliphatic rings. The van der Waals surface area contributed by atoms with E-state index < -0.39 is 0 Å². The fourth-order valence-corrected chi connectivity index (χ4v) is 1.73. The van der Waals surface area contributed by atoms with E-state index in [9.17, 15) is 4.79 Å². The van der Waals surface area contributed by atoms with E-state index in [2.05, 4.69) is 0 Å². The Labute approximate surface area is 109 Å². The summed E-state index contributed by atoms with van der Waals surface area (Å²) in [7, 11) is 3.42. The second-order valence-corrected chi connectivity index (χ2v) is 4.65. The zero-order valence-corrected chi connectivity index (χ0v) is 11.6. The fourth-order valence-electron chi connectivity index (χ4n) is 1.73. The van der Waals surface area contributed by atoms with Gasteiger partial charge in [0.2, 0.25) is 5.91 Å². The number of benzene rings is 1. The van der Waals surface area contributed by atoms with Gasteiger partial charge in [-0.15, -0.1) is 0 Å². The van der Waals surface area contributed by atoms with Crippen LogP contribution in [0, 0.1) is 12.8 Å². The molecule has 1 unspecified atom stereocenters. The van der Waals surface area contributed by atoms with E-state index in [-0.39, 0.29) is 11.8 Å². The average molecular weight is 250 g/mol. The largest absolute Gasteiger partial charge is 0.496 e. The second-order valence-electron chi connectivity index (χ2n) is 4.65. The third-order valence-electron chi connectivity index (χ3n) is 3.07. The number of rotatable bonds is 5. The first-order chi connectivity index (χ1) is 8.49. The van der Waals surface area contributed by atoms with Crippen molar-refractivity contribution in [2.24, 2.45) is 11.7 Å². The van der Waals surface area contributed by atoms with Gasteiger partial charge >= 0.3 is 0 Å². The Morgan fingerprint density at radius 3 is 2.67 bits per heavy atom. The molecule has 1 aromatic rings. The highest BCUT2D eigenvalue weighted by molar-refractivity contribution is 5.93. The molecule has 0 saturated heterocycles. The van der Waals surface area contributed by atoms with E-state index >= 15 is 0 Å². The molecular formula is C14H22N2O2. The van der Waals surface area contributed by atoms with Gasteiger partial charge in [0.05, 0.1) is 7.11 Å². The molecule has 0 fully saturated rings. The third-order valence-corrected chi connectivity index (χ3v) is 3.07. The van der Waals surface area contributed by atoms with Crippen molar-refractivity contribution < 1.29 is 9.53 Å². The normalized spacial score (nSPS) is 12.1. The highest BCUT2D eigenvalue weighted by Gasteiger charge is 2.14. The monoisotopic (exact) mass is 250 g/mol. The zero-order valence-electron chi connectivity index (χ0n) is 11.6. The Kier molecular flexibility index (Phi) is 5.16. The molecule has 0 aliphatic carbocycles. The lowest BCUT2D eigenvalue weighted by atomic mass is 10.1. The molecule has 18 heavy (non-hydrogen) atoms. The molecule has 0 bridgehead atoms. The van der Waals surface area contributed by atoms with Gasteiger partial charge in [-0.1, -0.05) is 6.92 Å². The summed E-state index contributed by atoms with van der Waals surface area (Å²) in [5.41, 5.74) is 7.43. The van der Waals surface area contributed by atoms with Crippen molar-refractivity contribution >= 4 is 11.6 Å². The Balaban J connectivity index is 2.80. The van der Waals surface area contributed by atoms with E-state index in [1.807, 2.05) is 32.0 Å².